The van der Waals surface area contributed by atoms with Crippen molar-refractivity contribution < 1.29 is 9.53 Å². The van der Waals surface area contributed by atoms with E-state index in [1.54, 1.807) is 4.90 Å². The molecule has 7 nitrogen and oxygen atoms in total. The first-order valence-electron chi connectivity index (χ1n) is 6.25. The van der Waals surface area contributed by atoms with Crippen molar-refractivity contribution in [3.8, 4) is 12.1 Å². The highest BCUT2D eigenvalue weighted by atomic mass is 35.5. The minimum absolute atomic E-state index is 0.0719. The molecule has 0 saturated carbocycles. The molecule has 108 valence electrons. The topological polar surface area (TPSA) is 116 Å². The summed E-state index contributed by atoms with van der Waals surface area (Å²) in [5.74, 6) is 0.405. The smallest absolute Gasteiger partial charge is 0.404 e. The van der Waals surface area contributed by atoms with E-state index in [1.165, 1.54) is 0 Å². The number of carbonyl (C=O) groups excluding carboxylic acids is 1. The number of hydrogen-bond acceptors (Lipinski definition) is 6. The van der Waals surface area contributed by atoms with Crippen LogP contribution in [0.5, 0.6) is 0 Å². The van der Waals surface area contributed by atoms with Gasteiger partial charge in [-0.3, -0.25) is 0 Å². The quantitative estimate of drug-likeness (QED) is 0.842. The number of anilines is 1. The Morgan fingerprint density at radius 1 is 1.48 bits per heavy atom. The maximum Gasteiger partial charge on any atom is 0.404 e. The van der Waals surface area contributed by atoms with E-state index in [-0.39, 0.29) is 16.8 Å². The van der Waals surface area contributed by atoms with E-state index in [0.717, 1.165) is 0 Å². The van der Waals surface area contributed by atoms with Crippen LogP contribution in [0, 0.1) is 22.7 Å². The average molecular weight is 306 g/mol. The van der Waals surface area contributed by atoms with Crippen LogP contribution in [0.4, 0.5) is 10.6 Å². The Balaban J connectivity index is 2.34. The lowest BCUT2D eigenvalue weighted by Crippen LogP contribution is -2.54. The van der Waals surface area contributed by atoms with Crippen LogP contribution < -0.4 is 10.6 Å². The number of primary amides is 1. The highest BCUT2D eigenvalue weighted by Crippen LogP contribution is 2.31. The fraction of sp³-hybridized carbons (Fsp3) is 0.385. The van der Waals surface area contributed by atoms with Crippen LogP contribution in [0.25, 0.3) is 0 Å². The third-order valence-corrected chi connectivity index (χ3v) is 3.52. The zero-order chi connectivity index (χ0) is 15.6. The van der Waals surface area contributed by atoms with Gasteiger partial charge in [0.25, 0.3) is 0 Å². The zero-order valence-corrected chi connectivity index (χ0v) is 12.0. The first-order chi connectivity index (χ1) is 10.0. The maximum absolute atomic E-state index is 10.7. The van der Waals surface area contributed by atoms with E-state index in [4.69, 9.17) is 27.3 Å². The summed E-state index contributed by atoms with van der Waals surface area (Å²) in [5.41, 5.74) is 6.08. The molecule has 8 heteroatoms. The van der Waals surface area contributed by atoms with Crippen molar-refractivity contribution in [2.75, 3.05) is 18.0 Å². The lowest BCUT2D eigenvalue weighted by atomic mass is 10.0. The largest absolute Gasteiger partial charge is 0.443 e. The molecule has 21 heavy (non-hydrogen) atoms. The molecule has 1 aliphatic heterocycles. The van der Waals surface area contributed by atoms with Crippen molar-refractivity contribution in [3.63, 3.8) is 0 Å². The van der Waals surface area contributed by atoms with Gasteiger partial charge in [-0.05, 0) is 12.0 Å². The molecule has 0 aliphatic carbocycles. The van der Waals surface area contributed by atoms with Gasteiger partial charge >= 0.3 is 6.09 Å². The second-order valence-corrected chi connectivity index (χ2v) is 4.85. The molecular weight excluding hydrogens is 294 g/mol. The molecule has 0 aromatic carbocycles. The lowest BCUT2D eigenvalue weighted by molar-refractivity contribution is 0.0886. The Hall–Kier alpha value is -2.51. The Morgan fingerprint density at radius 2 is 2.10 bits per heavy atom. The van der Waals surface area contributed by atoms with Gasteiger partial charge in [-0.25, -0.2) is 9.78 Å². The van der Waals surface area contributed by atoms with Crippen LogP contribution in [0.3, 0.4) is 0 Å². The second-order valence-electron chi connectivity index (χ2n) is 4.50. The highest BCUT2D eigenvalue weighted by Gasteiger charge is 2.33. The molecular formula is C13H12ClN5O2. The van der Waals surface area contributed by atoms with Gasteiger partial charge in [0, 0.05) is 0 Å². The van der Waals surface area contributed by atoms with Crippen LogP contribution >= 0.6 is 11.6 Å². The molecule has 1 aliphatic rings. The molecule has 2 heterocycles. The number of amides is 1. The molecule has 0 bridgehead atoms. The fourth-order valence-electron chi connectivity index (χ4n) is 2.25. The number of halogens is 1. The summed E-state index contributed by atoms with van der Waals surface area (Å²) in [7, 11) is 0. The Kier molecular flexibility index (Phi) is 4.15. The van der Waals surface area contributed by atoms with Gasteiger partial charge in [0.1, 0.15) is 29.2 Å². The van der Waals surface area contributed by atoms with Gasteiger partial charge in [0.2, 0.25) is 0 Å². The number of rotatable bonds is 3. The first kappa shape index (κ1) is 14.9. The number of ether oxygens (including phenoxy) is 1. The van der Waals surface area contributed by atoms with E-state index in [0.29, 0.717) is 36.5 Å². The molecule has 2 N–H and O–H groups in total. The third kappa shape index (κ3) is 2.69. The summed E-state index contributed by atoms with van der Waals surface area (Å²) in [6.45, 7) is 2.61. The number of nitrogens with two attached hydrogens (primary N) is 1. The number of carbonyl (C=O) groups is 1. The first-order valence-corrected chi connectivity index (χ1v) is 6.63. The van der Waals surface area contributed by atoms with Gasteiger partial charge < -0.3 is 15.4 Å². The lowest BCUT2D eigenvalue weighted by Gasteiger charge is -2.39. The van der Waals surface area contributed by atoms with E-state index in [9.17, 15) is 10.1 Å². The number of nitrogens with zero attached hydrogens (tertiary/aromatic N) is 4. The molecule has 2 rings (SSSR count). The maximum atomic E-state index is 10.7. The SMILES string of the molecule is CCc1c(C#N)c(Cl)nc(N2CC(OC(N)=O)C2)c1C#N. The van der Waals surface area contributed by atoms with Crippen LogP contribution in [-0.2, 0) is 11.2 Å². The van der Waals surface area contributed by atoms with Crippen LogP contribution in [0.2, 0.25) is 5.15 Å². The predicted molar refractivity (Wildman–Crippen MR) is 74.7 cm³/mol. The molecule has 0 radical (unpaired) electrons. The molecule has 1 saturated heterocycles. The van der Waals surface area contributed by atoms with E-state index < -0.39 is 6.09 Å². The molecule has 0 unspecified atom stereocenters. The van der Waals surface area contributed by atoms with Gasteiger partial charge in [-0.15, -0.1) is 0 Å². The molecule has 1 amide bonds. The minimum Gasteiger partial charge on any atom is -0.443 e. The summed E-state index contributed by atoms with van der Waals surface area (Å²) in [4.78, 5) is 16.6. The molecule has 1 aromatic heterocycles. The van der Waals surface area contributed by atoms with Gasteiger partial charge in [-0.2, -0.15) is 10.5 Å². The average Bonchev–Trinajstić information content (AvgIpc) is 2.40. The number of nitriles is 2. The van der Waals surface area contributed by atoms with E-state index >= 15 is 0 Å². The van der Waals surface area contributed by atoms with E-state index in [2.05, 4.69) is 11.1 Å². The van der Waals surface area contributed by atoms with Gasteiger partial charge in [0.15, 0.2) is 0 Å². The summed E-state index contributed by atoms with van der Waals surface area (Å²) in [6.07, 6.45) is -0.661. The van der Waals surface area contributed by atoms with Crippen LogP contribution in [0.1, 0.15) is 23.6 Å². The van der Waals surface area contributed by atoms with Crippen molar-refractivity contribution in [1.29, 1.82) is 10.5 Å². The van der Waals surface area contributed by atoms with Crippen molar-refractivity contribution >= 4 is 23.5 Å². The predicted octanol–water partition coefficient (Wildman–Crippen LogP) is 1.32. The number of hydrogen-bond donors (Lipinski definition) is 1. The summed E-state index contributed by atoms with van der Waals surface area (Å²) >= 11 is 6.01. The van der Waals surface area contributed by atoms with Crippen molar-refractivity contribution in [3.05, 3.63) is 21.8 Å². The standard InChI is InChI=1S/C13H12ClN5O2/c1-2-8-9(3-15)11(14)18-12(10(8)4-16)19-5-7(6-19)21-13(17)20/h7H,2,5-6H2,1H3,(H2,17,20). The highest BCUT2D eigenvalue weighted by molar-refractivity contribution is 6.30. The second kappa shape index (κ2) is 5.86. The Morgan fingerprint density at radius 3 is 2.57 bits per heavy atom. The van der Waals surface area contributed by atoms with Gasteiger partial charge in [0.05, 0.1) is 24.2 Å². The molecule has 0 atom stereocenters. The summed E-state index contributed by atoms with van der Waals surface area (Å²) in [5, 5.41) is 18.5. The minimum atomic E-state index is -0.833. The summed E-state index contributed by atoms with van der Waals surface area (Å²) < 4.78 is 4.84. The zero-order valence-electron chi connectivity index (χ0n) is 11.3. The Labute approximate surface area is 126 Å². The van der Waals surface area contributed by atoms with Crippen molar-refractivity contribution in [2.24, 2.45) is 5.73 Å². The molecule has 1 fully saturated rings. The van der Waals surface area contributed by atoms with E-state index in [1.807, 2.05) is 13.0 Å². The fourth-order valence-corrected chi connectivity index (χ4v) is 2.49. The van der Waals surface area contributed by atoms with Crippen molar-refractivity contribution in [1.82, 2.24) is 4.98 Å². The number of aromatic nitrogens is 1. The third-order valence-electron chi connectivity index (χ3n) is 3.25. The van der Waals surface area contributed by atoms with Crippen LogP contribution in [0.15, 0.2) is 0 Å². The monoisotopic (exact) mass is 305 g/mol. The molecule has 1 aromatic rings. The Bertz CT molecular complexity index is 671. The van der Waals surface area contributed by atoms with Crippen LogP contribution in [-0.4, -0.2) is 30.3 Å². The number of pyridine rings is 1. The summed E-state index contributed by atoms with van der Waals surface area (Å²) in [6, 6.07) is 4.05. The van der Waals surface area contributed by atoms with Crippen molar-refractivity contribution in [2.45, 2.75) is 19.4 Å². The normalized spacial score (nSPS) is 14.0. The molecule has 0 spiro atoms. The van der Waals surface area contributed by atoms with Gasteiger partial charge in [-0.1, -0.05) is 18.5 Å².